The summed E-state index contributed by atoms with van der Waals surface area (Å²) in [5.41, 5.74) is 0.235. The molecular weight excluding hydrogens is 366 g/mol. The van der Waals surface area contributed by atoms with Crippen LogP contribution in [0.5, 0.6) is 0 Å². The molecular formula is C22H27N5O2. The summed E-state index contributed by atoms with van der Waals surface area (Å²) in [5.74, 6) is 0.655. The van der Waals surface area contributed by atoms with E-state index in [-0.39, 0.29) is 11.8 Å². The molecule has 1 aliphatic heterocycles. The second-order valence-corrected chi connectivity index (χ2v) is 7.72. The molecule has 2 aliphatic rings. The summed E-state index contributed by atoms with van der Waals surface area (Å²) < 4.78 is 0. The Hall–Kier alpha value is -2.96. The molecule has 1 saturated heterocycles. The van der Waals surface area contributed by atoms with E-state index in [2.05, 4.69) is 14.9 Å². The van der Waals surface area contributed by atoms with Gasteiger partial charge in [-0.1, -0.05) is 30.3 Å². The van der Waals surface area contributed by atoms with Gasteiger partial charge in [0.1, 0.15) is 5.41 Å². The van der Waals surface area contributed by atoms with Crippen LogP contribution in [0.1, 0.15) is 25.3 Å². The number of aromatic nitrogens is 2. The lowest BCUT2D eigenvalue weighted by Gasteiger charge is -2.37. The highest BCUT2D eigenvalue weighted by atomic mass is 16.2. The van der Waals surface area contributed by atoms with Crippen LogP contribution in [0.4, 0.5) is 5.95 Å². The second kappa shape index (κ2) is 8.19. The first-order chi connectivity index (χ1) is 14.1. The lowest BCUT2D eigenvalue weighted by atomic mass is 10.0. The maximum atomic E-state index is 13.3. The summed E-state index contributed by atoms with van der Waals surface area (Å²) >= 11 is 0. The summed E-state index contributed by atoms with van der Waals surface area (Å²) in [6.45, 7) is 5.67. The number of hydrogen-bond donors (Lipinski definition) is 0. The van der Waals surface area contributed by atoms with Crippen LogP contribution in [0.15, 0.2) is 48.8 Å². The third kappa shape index (κ3) is 3.95. The molecule has 0 radical (unpaired) electrons. The van der Waals surface area contributed by atoms with E-state index >= 15 is 0 Å². The highest BCUT2D eigenvalue weighted by Crippen LogP contribution is 2.49. The van der Waals surface area contributed by atoms with Gasteiger partial charge < -0.3 is 14.7 Å². The zero-order valence-corrected chi connectivity index (χ0v) is 16.8. The summed E-state index contributed by atoms with van der Waals surface area (Å²) in [7, 11) is 0. The van der Waals surface area contributed by atoms with Crippen molar-refractivity contribution < 1.29 is 9.59 Å². The van der Waals surface area contributed by atoms with Crippen molar-refractivity contribution >= 4 is 17.8 Å². The van der Waals surface area contributed by atoms with Gasteiger partial charge in [0.05, 0.1) is 0 Å². The molecule has 2 amide bonds. The summed E-state index contributed by atoms with van der Waals surface area (Å²) in [4.78, 5) is 40.9. The van der Waals surface area contributed by atoms with Crippen LogP contribution in [0.25, 0.3) is 0 Å². The fraction of sp³-hybridized carbons (Fsp3) is 0.455. The van der Waals surface area contributed by atoms with E-state index < -0.39 is 5.41 Å². The van der Waals surface area contributed by atoms with Gasteiger partial charge in [0.2, 0.25) is 17.8 Å². The van der Waals surface area contributed by atoms with E-state index in [4.69, 9.17) is 0 Å². The van der Waals surface area contributed by atoms with Crippen molar-refractivity contribution in [1.29, 1.82) is 0 Å². The minimum absolute atomic E-state index is 0.0114. The number of amides is 2. The molecule has 0 unspecified atom stereocenters. The molecule has 7 heteroatoms. The Morgan fingerprint density at radius 2 is 1.66 bits per heavy atom. The summed E-state index contributed by atoms with van der Waals surface area (Å²) in [6.07, 6.45) is 4.75. The van der Waals surface area contributed by atoms with Gasteiger partial charge in [-0.15, -0.1) is 0 Å². The zero-order valence-electron chi connectivity index (χ0n) is 16.8. The van der Waals surface area contributed by atoms with Crippen LogP contribution in [-0.2, 0) is 16.1 Å². The van der Waals surface area contributed by atoms with Crippen molar-refractivity contribution in [3.8, 4) is 0 Å². The molecule has 1 saturated carbocycles. The Morgan fingerprint density at radius 3 is 2.24 bits per heavy atom. The van der Waals surface area contributed by atoms with Gasteiger partial charge in [0, 0.05) is 51.7 Å². The minimum Gasteiger partial charge on any atom is -0.338 e. The lowest BCUT2D eigenvalue weighted by molar-refractivity contribution is -0.150. The molecule has 29 heavy (non-hydrogen) atoms. The molecule has 1 aromatic carbocycles. The Kier molecular flexibility index (Phi) is 5.47. The largest absolute Gasteiger partial charge is 0.338 e. The zero-order chi connectivity index (χ0) is 20.3. The SMILES string of the molecule is CCN(Cc1ccccc1)C(=O)C1(C(=O)N2CCN(c3ncccn3)CC2)CC1. The average Bonchev–Trinajstić information content (AvgIpc) is 3.60. The predicted octanol–water partition coefficient (Wildman–Crippen LogP) is 1.95. The quantitative estimate of drug-likeness (QED) is 0.702. The maximum absolute atomic E-state index is 13.3. The fourth-order valence-corrected chi connectivity index (χ4v) is 3.94. The normalized spacial score (nSPS) is 17.7. The summed E-state index contributed by atoms with van der Waals surface area (Å²) in [6, 6.07) is 11.7. The topological polar surface area (TPSA) is 69.6 Å². The first-order valence-corrected chi connectivity index (χ1v) is 10.3. The Labute approximate surface area is 171 Å². The molecule has 4 rings (SSSR count). The van der Waals surface area contributed by atoms with E-state index in [1.54, 1.807) is 18.5 Å². The van der Waals surface area contributed by atoms with Crippen molar-refractivity contribution in [3.63, 3.8) is 0 Å². The van der Waals surface area contributed by atoms with Gasteiger partial charge in [-0.25, -0.2) is 9.97 Å². The van der Waals surface area contributed by atoms with E-state index in [1.165, 1.54) is 0 Å². The van der Waals surface area contributed by atoms with Crippen molar-refractivity contribution in [1.82, 2.24) is 19.8 Å². The smallest absolute Gasteiger partial charge is 0.238 e. The van der Waals surface area contributed by atoms with Crippen molar-refractivity contribution in [3.05, 3.63) is 54.4 Å². The highest BCUT2D eigenvalue weighted by Gasteiger charge is 2.59. The average molecular weight is 393 g/mol. The lowest BCUT2D eigenvalue weighted by Crippen LogP contribution is -2.54. The number of rotatable bonds is 6. The van der Waals surface area contributed by atoms with E-state index in [0.29, 0.717) is 58.1 Å². The Balaban J connectivity index is 1.39. The molecule has 152 valence electrons. The first-order valence-electron chi connectivity index (χ1n) is 10.3. The molecule has 0 atom stereocenters. The molecule has 1 aromatic heterocycles. The van der Waals surface area contributed by atoms with Gasteiger partial charge in [-0.05, 0) is 31.4 Å². The molecule has 0 N–H and O–H groups in total. The predicted molar refractivity (Wildman–Crippen MR) is 110 cm³/mol. The number of carbonyl (C=O) groups excluding carboxylic acids is 2. The van der Waals surface area contributed by atoms with Crippen LogP contribution in [-0.4, -0.2) is 64.3 Å². The number of nitrogens with zero attached hydrogens (tertiary/aromatic N) is 5. The van der Waals surface area contributed by atoms with Crippen molar-refractivity contribution in [2.24, 2.45) is 5.41 Å². The number of hydrogen-bond acceptors (Lipinski definition) is 5. The van der Waals surface area contributed by atoms with Crippen LogP contribution in [0.2, 0.25) is 0 Å². The first kappa shape index (κ1) is 19.4. The molecule has 2 aromatic rings. The van der Waals surface area contributed by atoms with E-state index in [0.717, 1.165) is 5.56 Å². The van der Waals surface area contributed by atoms with Gasteiger partial charge in [-0.2, -0.15) is 0 Å². The number of piperazine rings is 1. The Bertz CT molecular complexity index is 846. The highest BCUT2D eigenvalue weighted by molar-refractivity contribution is 6.07. The van der Waals surface area contributed by atoms with Crippen molar-refractivity contribution in [2.75, 3.05) is 37.6 Å². The number of benzene rings is 1. The Morgan fingerprint density at radius 1 is 1.00 bits per heavy atom. The van der Waals surface area contributed by atoms with Crippen LogP contribution in [0, 0.1) is 5.41 Å². The molecule has 7 nitrogen and oxygen atoms in total. The molecule has 2 heterocycles. The van der Waals surface area contributed by atoms with Gasteiger partial charge >= 0.3 is 0 Å². The second-order valence-electron chi connectivity index (χ2n) is 7.72. The number of carbonyl (C=O) groups is 2. The van der Waals surface area contributed by atoms with Crippen LogP contribution in [0.3, 0.4) is 0 Å². The third-order valence-electron chi connectivity index (χ3n) is 5.86. The molecule has 2 fully saturated rings. The number of anilines is 1. The minimum atomic E-state index is -0.851. The maximum Gasteiger partial charge on any atom is 0.238 e. The molecule has 0 spiro atoms. The van der Waals surface area contributed by atoms with Crippen molar-refractivity contribution in [2.45, 2.75) is 26.3 Å². The molecule has 1 aliphatic carbocycles. The third-order valence-corrected chi connectivity index (χ3v) is 5.86. The van der Waals surface area contributed by atoms with Crippen LogP contribution < -0.4 is 4.90 Å². The monoisotopic (exact) mass is 393 g/mol. The molecule has 0 bridgehead atoms. The van der Waals surface area contributed by atoms with Crippen LogP contribution >= 0.6 is 0 Å². The standard InChI is InChI=1S/C22H27N5O2/c1-2-25(17-18-7-4-3-5-8-18)19(28)22(9-10-22)20(29)26-13-15-27(16-14-26)21-23-11-6-12-24-21/h3-8,11-12H,2,9-10,13-17H2,1H3. The fourth-order valence-electron chi connectivity index (χ4n) is 3.94. The van der Waals surface area contributed by atoms with Gasteiger partial charge in [0.15, 0.2) is 0 Å². The van der Waals surface area contributed by atoms with Gasteiger partial charge in [-0.3, -0.25) is 9.59 Å². The van der Waals surface area contributed by atoms with E-state index in [1.807, 2.05) is 47.1 Å². The van der Waals surface area contributed by atoms with Gasteiger partial charge in [0.25, 0.3) is 0 Å². The van der Waals surface area contributed by atoms with E-state index in [9.17, 15) is 9.59 Å². The summed E-state index contributed by atoms with van der Waals surface area (Å²) in [5, 5.41) is 0.